The normalized spacial score (nSPS) is 21.9. The van der Waals surface area contributed by atoms with Crippen LogP contribution >= 0.6 is 0 Å². The number of carboxylic acid groups (broad SMARTS) is 1. The van der Waals surface area contributed by atoms with E-state index >= 15 is 0 Å². The highest BCUT2D eigenvalue weighted by Gasteiger charge is 2.33. The zero-order valence-electron chi connectivity index (χ0n) is 11.3. The molecule has 0 bridgehead atoms. The first-order valence-electron chi connectivity index (χ1n) is 6.81. The van der Waals surface area contributed by atoms with E-state index in [9.17, 15) is 14.4 Å². The molecule has 0 heterocycles. The Morgan fingerprint density at radius 2 is 1.79 bits per heavy atom. The number of hydrogen-bond acceptors (Lipinski definition) is 3. The van der Waals surface area contributed by atoms with Crippen molar-refractivity contribution in [3.8, 4) is 0 Å². The lowest BCUT2D eigenvalue weighted by Crippen LogP contribution is -2.34. The molecule has 0 aromatic heterocycles. The van der Waals surface area contributed by atoms with Crippen LogP contribution in [0.1, 0.15) is 39.0 Å². The Labute approximate surface area is 112 Å². The zero-order valence-corrected chi connectivity index (χ0v) is 11.3. The number of carbonyl (C=O) groups is 3. The Balaban J connectivity index is 2.18. The summed E-state index contributed by atoms with van der Waals surface area (Å²) < 4.78 is 0. The van der Waals surface area contributed by atoms with Gasteiger partial charge in [-0.05, 0) is 25.7 Å². The fourth-order valence-electron chi connectivity index (χ4n) is 2.24. The largest absolute Gasteiger partial charge is 0.481 e. The third kappa shape index (κ3) is 5.28. The summed E-state index contributed by atoms with van der Waals surface area (Å²) in [5.74, 6) is -1.65. The van der Waals surface area contributed by atoms with Crippen LogP contribution in [-0.4, -0.2) is 36.0 Å². The Morgan fingerprint density at radius 3 is 2.37 bits per heavy atom. The summed E-state index contributed by atoms with van der Waals surface area (Å²) in [6, 6.07) is 0. The van der Waals surface area contributed by atoms with Gasteiger partial charge < -0.3 is 15.7 Å². The van der Waals surface area contributed by atoms with Crippen LogP contribution in [0.25, 0.3) is 0 Å². The number of rotatable bonds is 7. The van der Waals surface area contributed by atoms with Crippen LogP contribution in [0.3, 0.4) is 0 Å². The zero-order chi connectivity index (χ0) is 14.3. The lowest BCUT2D eigenvalue weighted by Gasteiger charge is -2.10. The van der Waals surface area contributed by atoms with Crippen molar-refractivity contribution in [1.82, 2.24) is 10.6 Å². The number of amides is 2. The molecule has 3 N–H and O–H groups in total. The van der Waals surface area contributed by atoms with Gasteiger partial charge in [0.15, 0.2) is 0 Å². The molecule has 1 saturated carbocycles. The summed E-state index contributed by atoms with van der Waals surface area (Å²) in [5.41, 5.74) is 0. The summed E-state index contributed by atoms with van der Waals surface area (Å²) in [7, 11) is 0. The maximum Gasteiger partial charge on any atom is 0.306 e. The number of hydrogen-bond donors (Lipinski definition) is 3. The second kappa shape index (κ2) is 7.76. The molecule has 0 aromatic carbocycles. The molecule has 0 aliphatic heterocycles. The molecule has 2 unspecified atom stereocenters. The molecule has 0 radical (unpaired) electrons. The van der Waals surface area contributed by atoms with E-state index in [1.54, 1.807) is 0 Å². The van der Waals surface area contributed by atoms with Gasteiger partial charge in [-0.25, -0.2) is 0 Å². The van der Waals surface area contributed by atoms with Crippen LogP contribution in [-0.2, 0) is 14.4 Å². The lowest BCUT2D eigenvalue weighted by molar-refractivity contribution is -0.141. The van der Waals surface area contributed by atoms with Crippen molar-refractivity contribution in [2.24, 2.45) is 11.8 Å². The topological polar surface area (TPSA) is 95.5 Å². The van der Waals surface area contributed by atoms with E-state index in [1.165, 1.54) is 0 Å². The number of carboxylic acids is 1. The number of nitrogens with one attached hydrogen (secondary N) is 2. The van der Waals surface area contributed by atoms with Crippen LogP contribution < -0.4 is 10.6 Å². The van der Waals surface area contributed by atoms with Gasteiger partial charge in [0.05, 0.1) is 5.92 Å². The van der Waals surface area contributed by atoms with Gasteiger partial charge in [-0.3, -0.25) is 14.4 Å². The van der Waals surface area contributed by atoms with Gasteiger partial charge in [-0.1, -0.05) is 6.92 Å². The first-order chi connectivity index (χ1) is 9.04. The van der Waals surface area contributed by atoms with E-state index in [0.717, 1.165) is 6.42 Å². The van der Waals surface area contributed by atoms with Gasteiger partial charge in [0.1, 0.15) is 0 Å². The molecule has 2 atom stereocenters. The first kappa shape index (κ1) is 15.5. The smallest absolute Gasteiger partial charge is 0.306 e. The van der Waals surface area contributed by atoms with Crippen molar-refractivity contribution < 1.29 is 19.5 Å². The Morgan fingerprint density at radius 1 is 1.11 bits per heavy atom. The molecule has 0 aromatic rings. The molecule has 108 valence electrons. The van der Waals surface area contributed by atoms with Crippen molar-refractivity contribution in [2.75, 3.05) is 13.1 Å². The Hall–Kier alpha value is -1.59. The lowest BCUT2D eigenvalue weighted by atomic mass is 10.0. The predicted molar refractivity (Wildman–Crippen MR) is 69.4 cm³/mol. The highest BCUT2D eigenvalue weighted by molar-refractivity contribution is 5.82. The standard InChI is InChI=1S/C13H22N2O4/c1-2-6-14-11(16)5-7-15-12(17)9-3-4-10(8-9)13(18)19/h9-10H,2-8H2,1H3,(H,14,16)(H,15,17)(H,18,19). The summed E-state index contributed by atoms with van der Waals surface area (Å²) in [5, 5.41) is 14.3. The van der Waals surface area contributed by atoms with Crippen molar-refractivity contribution in [3.05, 3.63) is 0 Å². The van der Waals surface area contributed by atoms with Crippen LogP contribution in [0.15, 0.2) is 0 Å². The highest BCUT2D eigenvalue weighted by Crippen LogP contribution is 2.30. The second-order valence-corrected chi connectivity index (χ2v) is 4.94. The minimum atomic E-state index is -0.825. The van der Waals surface area contributed by atoms with Crippen LogP contribution in [0.4, 0.5) is 0 Å². The fraction of sp³-hybridized carbons (Fsp3) is 0.769. The van der Waals surface area contributed by atoms with E-state index in [-0.39, 0.29) is 24.2 Å². The van der Waals surface area contributed by atoms with E-state index in [1.807, 2.05) is 6.92 Å². The summed E-state index contributed by atoms with van der Waals surface area (Å²) in [6.07, 6.45) is 2.73. The minimum absolute atomic E-state index is 0.0722. The maximum atomic E-state index is 11.8. The maximum absolute atomic E-state index is 11.8. The van der Waals surface area contributed by atoms with Gasteiger partial charge in [0.25, 0.3) is 0 Å². The van der Waals surface area contributed by atoms with Gasteiger partial charge in [-0.2, -0.15) is 0 Å². The van der Waals surface area contributed by atoms with Crippen LogP contribution in [0, 0.1) is 11.8 Å². The highest BCUT2D eigenvalue weighted by atomic mass is 16.4. The fourth-order valence-corrected chi connectivity index (χ4v) is 2.24. The molecular formula is C13H22N2O4. The summed E-state index contributed by atoms with van der Waals surface area (Å²) >= 11 is 0. The van der Waals surface area contributed by atoms with Gasteiger partial charge in [-0.15, -0.1) is 0 Å². The van der Waals surface area contributed by atoms with Crippen molar-refractivity contribution in [2.45, 2.75) is 39.0 Å². The predicted octanol–water partition coefficient (Wildman–Crippen LogP) is 0.520. The van der Waals surface area contributed by atoms with Crippen molar-refractivity contribution >= 4 is 17.8 Å². The number of carbonyl (C=O) groups excluding carboxylic acids is 2. The molecule has 6 nitrogen and oxygen atoms in total. The van der Waals surface area contributed by atoms with E-state index in [2.05, 4.69) is 10.6 Å². The van der Waals surface area contributed by atoms with Gasteiger partial charge in [0.2, 0.25) is 11.8 Å². The third-order valence-corrected chi connectivity index (χ3v) is 3.38. The molecule has 1 aliphatic rings. The molecule has 0 saturated heterocycles. The molecule has 2 amide bonds. The second-order valence-electron chi connectivity index (χ2n) is 4.94. The van der Waals surface area contributed by atoms with Crippen molar-refractivity contribution in [1.29, 1.82) is 0 Å². The summed E-state index contributed by atoms with van der Waals surface area (Å²) in [4.78, 5) is 33.9. The SMILES string of the molecule is CCCNC(=O)CCNC(=O)C1CCC(C(=O)O)C1. The molecule has 0 spiro atoms. The van der Waals surface area contributed by atoms with Crippen LogP contribution in [0.5, 0.6) is 0 Å². The first-order valence-corrected chi connectivity index (χ1v) is 6.81. The van der Waals surface area contributed by atoms with E-state index in [4.69, 9.17) is 5.11 Å². The molecule has 6 heteroatoms. The minimum Gasteiger partial charge on any atom is -0.481 e. The van der Waals surface area contributed by atoms with E-state index in [0.29, 0.717) is 32.4 Å². The molecular weight excluding hydrogens is 248 g/mol. The molecule has 1 fully saturated rings. The third-order valence-electron chi connectivity index (χ3n) is 3.38. The van der Waals surface area contributed by atoms with Gasteiger partial charge in [0, 0.05) is 25.4 Å². The Bertz CT molecular complexity index is 344. The molecule has 1 rings (SSSR count). The molecule has 1 aliphatic carbocycles. The van der Waals surface area contributed by atoms with E-state index < -0.39 is 11.9 Å². The number of aliphatic carboxylic acids is 1. The summed E-state index contributed by atoms with van der Waals surface area (Å²) in [6.45, 7) is 2.93. The van der Waals surface area contributed by atoms with Crippen molar-refractivity contribution in [3.63, 3.8) is 0 Å². The monoisotopic (exact) mass is 270 g/mol. The average Bonchev–Trinajstić information content (AvgIpc) is 2.86. The average molecular weight is 270 g/mol. The Kier molecular flexibility index (Phi) is 6.32. The molecule has 19 heavy (non-hydrogen) atoms. The van der Waals surface area contributed by atoms with Crippen LogP contribution in [0.2, 0.25) is 0 Å². The quantitative estimate of drug-likeness (QED) is 0.628. The van der Waals surface area contributed by atoms with Gasteiger partial charge >= 0.3 is 5.97 Å².